The molecular weight excluding hydrogens is 304 g/mol. The Morgan fingerprint density at radius 3 is 2.54 bits per heavy atom. The molecule has 0 saturated carbocycles. The lowest BCUT2D eigenvalue weighted by atomic mass is 10.1. The van der Waals surface area contributed by atoms with Gasteiger partial charge >= 0.3 is 5.69 Å². The molecule has 24 heavy (non-hydrogen) atoms. The second kappa shape index (κ2) is 5.19. The lowest BCUT2D eigenvalue weighted by Crippen LogP contribution is -2.36. The van der Waals surface area contributed by atoms with Gasteiger partial charge in [0.05, 0.1) is 0 Å². The van der Waals surface area contributed by atoms with E-state index in [1.165, 1.54) is 17.0 Å². The molecule has 0 spiro atoms. The number of aromatic nitrogens is 4. The standard InChI is InChI=1S/C18H16N4O2/c1-21-16-15(17(23)22(2)18(21)24)19-14(20-16)10-11-7-8-12-5-3-4-6-13(12)9-11/h3-9H,10H2,1-2H3,(H,19,20). The summed E-state index contributed by atoms with van der Waals surface area (Å²) >= 11 is 0. The first-order valence-electron chi connectivity index (χ1n) is 7.67. The number of H-pyrrole nitrogens is 1. The summed E-state index contributed by atoms with van der Waals surface area (Å²) in [5.74, 6) is 0.665. The van der Waals surface area contributed by atoms with Crippen molar-refractivity contribution in [2.75, 3.05) is 0 Å². The second-order valence-corrected chi connectivity index (χ2v) is 5.95. The normalized spacial score (nSPS) is 11.4. The van der Waals surface area contributed by atoms with Gasteiger partial charge in [-0.1, -0.05) is 42.5 Å². The third kappa shape index (κ3) is 2.15. The first-order chi connectivity index (χ1) is 11.5. The molecule has 4 aromatic rings. The van der Waals surface area contributed by atoms with Gasteiger partial charge in [0.2, 0.25) is 0 Å². The first kappa shape index (κ1) is 14.4. The van der Waals surface area contributed by atoms with E-state index in [0.29, 0.717) is 23.4 Å². The molecule has 0 amide bonds. The number of nitrogens with zero attached hydrogens (tertiary/aromatic N) is 3. The maximum absolute atomic E-state index is 12.2. The number of nitrogens with one attached hydrogen (secondary N) is 1. The topological polar surface area (TPSA) is 72.7 Å². The Balaban J connectivity index is 1.82. The van der Waals surface area contributed by atoms with Gasteiger partial charge in [-0.25, -0.2) is 9.78 Å². The summed E-state index contributed by atoms with van der Waals surface area (Å²) in [6.07, 6.45) is 0.566. The molecule has 0 unspecified atom stereocenters. The quantitative estimate of drug-likeness (QED) is 0.611. The molecule has 4 rings (SSSR count). The van der Waals surface area contributed by atoms with Crippen LogP contribution in [0.1, 0.15) is 11.4 Å². The fourth-order valence-corrected chi connectivity index (χ4v) is 3.00. The van der Waals surface area contributed by atoms with Gasteiger partial charge in [-0.2, -0.15) is 0 Å². The van der Waals surface area contributed by atoms with E-state index in [-0.39, 0.29) is 11.2 Å². The first-order valence-corrected chi connectivity index (χ1v) is 7.67. The number of benzene rings is 2. The molecule has 0 fully saturated rings. The molecule has 2 aromatic carbocycles. The third-order valence-electron chi connectivity index (χ3n) is 4.33. The highest BCUT2D eigenvalue weighted by Gasteiger charge is 2.13. The molecule has 2 heterocycles. The van der Waals surface area contributed by atoms with Gasteiger partial charge < -0.3 is 4.98 Å². The van der Waals surface area contributed by atoms with Crippen LogP contribution >= 0.6 is 0 Å². The predicted octanol–water partition coefficient (Wildman–Crippen LogP) is 1.70. The van der Waals surface area contributed by atoms with E-state index in [4.69, 9.17) is 0 Å². The van der Waals surface area contributed by atoms with Gasteiger partial charge in [-0.3, -0.25) is 13.9 Å². The van der Waals surface area contributed by atoms with Crippen LogP contribution in [-0.2, 0) is 20.5 Å². The predicted molar refractivity (Wildman–Crippen MR) is 93.3 cm³/mol. The molecule has 0 aliphatic carbocycles. The number of hydrogen-bond donors (Lipinski definition) is 1. The van der Waals surface area contributed by atoms with Gasteiger partial charge in [0.1, 0.15) is 11.3 Å². The van der Waals surface area contributed by atoms with Crippen molar-refractivity contribution in [1.29, 1.82) is 0 Å². The van der Waals surface area contributed by atoms with Crippen LogP contribution in [0, 0.1) is 0 Å². The zero-order valence-electron chi connectivity index (χ0n) is 13.4. The van der Waals surface area contributed by atoms with Crippen molar-refractivity contribution in [3.8, 4) is 0 Å². The molecule has 0 atom stereocenters. The molecule has 6 heteroatoms. The number of imidazole rings is 1. The molecule has 6 nitrogen and oxygen atoms in total. The average Bonchev–Trinajstić information content (AvgIpc) is 3.02. The van der Waals surface area contributed by atoms with Crippen molar-refractivity contribution in [2.24, 2.45) is 14.1 Å². The van der Waals surface area contributed by atoms with Crippen LogP contribution in [0.3, 0.4) is 0 Å². The minimum Gasteiger partial charge on any atom is -0.336 e. The Morgan fingerprint density at radius 2 is 1.75 bits per heavy atom. The van der Waals surface area contributed by atoms with E-state index in [1.807, 2.05) is 18.2 Å². The van der Waals surface area contributed by atoms with Crippen LogP contribution in [-0.4, -0.2) is 19.1 Å². The van der Waals surface area contributed by atoms with Gasteiger partial charge in [-0.15, -0.1) is 0 Å². The van der Waals surface area contributed by atoms with Crippen molar-refractivity contribution in [3.63, 3.8) is 0 Å². The van der Waals surface area contributed by atoms with Crippen molar-refractivity contribution in [3.05, 3.63) is 74.7 Å². The van der Waals surface area contributed by atoms with E-state index in [2.05, 4.69) is 34.2 Å². The zero-order valence-corrected chi connectivity index (χ0v) is 13.4. The summed E-state index contributed by atoms with van der Waals surface area (Å²) < 4.78 is 2.47. The van der Waals surface area contributed by atoms with Crippen LogP contribution in [0.25, 0.3) is 21.9 Å². The minimum atomic E-state index is -0.378. The summed E-state index contributed by atoms with van der Waals surface area (Å²) in [5.41, 5.74) is 1.10. The molecule has 0 saturated heterocycles. The number of fused-ring (bicyclic) bond motifs is 2. The SMILES string of the molecule is Cn1c(=O)c2[nH]c(Cc3ccc4ccccc4c3)nc2n(C)c1=O. The Labute approximate surface area is 137 Å². The van der Waals surface area contributed by atoms with E-state index in [0.717, 1.165) is 15.5 Å². The lowest BCUT2D eigenvalue weighted by molar-refractivity contribution is 0.708. The molecule has 2 aromatic heterocycles. The smallest absolute Gasteiger partial charge is 0.332 e. The molecule has 0 radical (unpaired) electrons. The summed E-state index contributed by atoms with van der Waals surface area (Å²) in [7, 11) is 3.08. The van der Waals surface area contributed by atoms with Crippen LogP contribution in [0.15, 0.2) is 52.1 Å². The van der Waals surface area contributed by atoms with E-state index in [9.17, 15) is 9.59 Å². The minimum absolute atomic E-state index is 0.356. The average molecular weight is 320 g/mol. The van der Waals surface area contributed by atoms with Crippen molar-refractivity contribution >= 4 is 21.9 Å². The van der Waals surface area contributed by atoms with Gasteiger partial charge in [-0.05, 0) is 16.3 Å². The Hall–Kier alpha value is -3.15. The molecular formula is C18H16N4O2. The molecule has 0 aliphatic heterocycles. The largest absolute Gasteiger partial charge is 0.336 e. The lowest BCUT2D eigenvalue weighted by Gasteiger charge is -2.01. The fraction of sp³-hybridized carbons (Fsp3) is 0.167. The van der Waals surface area contributed by atoms with Crippen LogP contribution in [0.2, 0.25) is 0 Å². The number of aryl methyl sites for hydroxylation is 1. The zero-order chi connectivity index (χ0) is 16.8. The third-order valence-corrected chi connectivity index (χ3v) is 4.33. The number of hydrogen-bond acceptors (Lipinski definition) is 3. The highest BCUT2D eigenvalue weighted by atomic mass is 16.2. The van der Waals surface area contributed by atoms with Crippen LogP contribution in [0.4, 0.5) is 0 Å². The monoisotopic (exact) mass is 320 g/mol. The fourth-order valence-electron chi connectivity index (χ4n) is 3.00. The number of rotatable bonds is 2. The molecule has 120 valence electrons. The highest BCUT2D eigenvalue weighted by molar-refractivity contribution is 5.83. The summed E-state index contributed by atoms with van der Waals surface area (Å²) in [6.45, 7) is 0. The van der Waals surface area contributed by atoms with Gasteiger partial charge in [0, 0.05) is 20.5 Å². The molecule has 1 N–H and O–H groups in total. The van der Waals surface area contributed by atoms with Crippen LogP contribution in [0.5, 0.6) is 0 Å². The maximum Gasteiger partial charge on any atom is 0.332 e. The summed E-state index contributed by atoms with van der Waals surface area (Å²) in [6, 6.07) is 14.4. The van der Waals surface area contributed by atoms with E-state index < -0.39 is 0 Å². The molecule has 0 bridgehead atoms. The Bertz CT molecular complexity index is 1200. The summed E-state index contributed by atoms with van der Waals surface area (Å²) in [4.78, 5) is 31.7. The van der Waals surface area contributed by atoms with Crippen molar-refractivity contribution < 1.29 is 0 Å². The highest BCUT2D eigenvalue weighted by Crippen LogP contribution is 2.17. The van der Waals surface area contributed by atoms with Crippen molar-refractivity contribution in [2.45, 2.75) is 6.42 Å². The molecule has 0 aliphatic rings. The Morgan fingerprint density at radius 1 is 1.00 bits per heavy atom. The van der Waals surface area contributed by atoms with Gasteiger partial charge in [0.15, 0.2) is 5.65 Å². The second-order valence-electron chi connectivity index (χ2n) is 5.95. The Kier molecular flexibility index (Phi) is 3.13. The summed E-state index contributed by atoms with van der Waals surface area (Å²) in [5, 5.41) is 2.34. The maximum atomic E-state index is 12.2. The van der Waals surface area contributed by atoms with Gasteiger partial charge in [0.25, 0.3) is 5.56 Å². The van der Waals surface area contributed by atoms with E-state index in [1.54, 1.807) is 7.05 Å². The number of aromatic amines is 1. The van der Waals surface area contributed by atoms with Crippen LogP contribution < -0.4 is 11.2 Å². The van der Waals surface area contributed by atoms with E-state index >= 15 is 0 Å². The van der Waals surface area contributed by atoms with Crippen molar-refractivity contribution in [1.82, 2.24) is 19.1 Å².